The largest absolute Gasteiger partial charge is 0.349 e. The van der Waals surface area contributed by atoms with Gasteiger partial charge in [0.1, 0.15) is 5.82 Å². The minimum absolute atomic E-state index is 0.00747. The fraction of sp³-hybridized carbons (Fsp3) is 0.562. The SMILES string of the molecule is CC(CC(=O)NC(C)(CN)C1CC1)c1cccc(F)c1. The number of nitrogens with one attached hydrogen (secondary N) is 1. The van der Waals surface area contributed by atoms with Crippen molar-refractivity contribution in [2.45, 2.75) is 44.6 Å². The average Bonchev–Trinajstić information content (AvgIpc) is 3.23. The summed E-state index contributed by atoms with van der Waals surface area (Å²) in [7, 11) is 0. The monoisotopic (exact) mass is 278 g/mol. The Morgan fingerprint density at radius 1 is 1.55 bits per heavy atom. The molecule has 3 nitrogen and oxygen atoms in total. The van der Waals surface area contributed by atoms with E-state index in [-0.39, 0.29) is 23.2 Å². The van der Waals surface area contributed by atoms with E-state index >= 15 is 0 Å². The predicted octanol–water partition coefficient (Wildman–Crippen LogP) is 2.56. The van der Waals surface area contributed by atoms with Crippen molar-refractivity contribution in [3.8, 4) is 0 Å². The highest BCUT2D eigenvalue weighted by Gasteiger charge is 2.41. The number of benzene rings is 1. The topological polar surface area (TPSA) is 55.1 Å². The molecule has 1 fully saturated rings. The highest BCUT2D eigenvalue weighted by Crippen LogP contribution is 2.39. The van der Waals surface area contributed by atoms with Crippen LogP contribution in [0.25, 0.3) is 0 Å². The molecule has 2 rings (SSSR count). The molecule has 0 radical (unpaired) electrons. The first-order valence-electron chi connectivity index (χ1n) is 7.21. The molecule has 1 amide bonds. The number of hydrogen-bond donors (Lipinski definition) is 2. The van der Waals surface area contributed by atoms with Gasteiger partial charge in [0.25, 0.3) is 0 Å². The summed E-state index contributed by atoms with van der Waals surface area (Å²) in [6.07, 6.45) is 2.62. The van der Waals surface area contributed by atoms with Crippen molar-refractivity contribution in [2.75, 3.05) is 6.54 Å². The van der Waals surface area contributed by atoms with E-state index in [1.807, 2.05) is 19.9 Å². The van der Waals surface area contributed by atoms with Gasteiger partial charge in [0, 0.05) is 13.0 Å². The minimum Gasteiger partial charge on any atom is -0.349 e. The fourth-order valence-corrected chi connectivity index (χ4v) is 2.62. The number of amides is 1. The molecule has 110 valence electrons. The van der Waals surface area contributed by atoms with E-state index in [2.05, 4.69) is 5.32 Å². The lowest BCUT2D eigenvalue weighted by Gasteiger charge is -2.30. The van der Waals surface area contributed by atoms with Gasteiger partial charge in [-0.15, -0.1) is 0 Å². The summed E-state index contributed by atoms with van der Waals surface area (Å²) < 4.78 is 13.2. The number of carbonyl (C=O) groups is 1. The summed E-state index contributed by atoms with van der Waals surface area (Å²) in [5, 5.41) is 3.06. The standard InChI is InChI=1S/C16H23FN2O/c1-11(12-4-3-5-14(17)9-12)8-15(20)19-16(2,10-18)13-6-7-13/h3-5,9,11,13H,6-8,10,18H2,1-2H3,(H,19,20). The van der Waals surface area contributed by atoms with Gasteiger partial charge in [-0.25, -0.2) is 4.39 Å². The molecule has 1 saturated carbocycles. The highest BCUT2D eigenvalue weighted by molar-refractivity contribution is 5.77. The Bertz CT molecular complexity index is 487. The molecule has 1 aromatic rings. The molecule has 0 bridgehead atoms. The van der Waals surface area contributed by atoms with Gasteiger partial charge in [-0.1, -0.05) is 19.1 Å². The molecule has 2 unspecified atom stereocenters. The van der Waals surface area contributed by atoms with Crippen LogP contribution in [-0.4, -0.2) is 18.0 Å². The first-order chi connectivity index (χ1) is 9.44. The molecule has 0 spiro atoms. The van der Waals surface area contributed by atoms with Crippen molar-refractivity contribution in [1.29, 1.82) is 0 Å². The molecule has 1 aromatic carbocycles. The van der Waals surface area contributed by atoms with Gasteiger partial charge in [-0.2, -0.15) is 0 Å². The van der Waals surface area contributed by atoms with Crippen LogP contribution in [0.4, 0.5) is 4.39 Å². The van der Waals surface area contributed by atoms with Gasteiger partial charge >= 0.3 is 0 Å². The van der Waals surface area contributed by atoms with Crippen LogP contribution in [0.1, 0.15) is 44.6 Å². The predicted molar refractivity (Wildman–Crippen MR) is 77.8 cm³/mol. The number of carbonyl (C=O) groups excluding carboxylic acids is 1. The van der Waals surface area contributed by atoms with Crippen LogP contribution in [0.2, 0.25) is 0 Å². The Balaban J connectivity index is 1.94. The van der Waals surface area contributed by atoms with E-state index < -0.39 is 0 Å². The number of rotatable bonds is 6. The van der Waals surface area contributed by atoms with Crippen LogP contribution in [0.15, 0.2) is 24.3 Å². The summed E-state index contributed by atoms with van der Waals surface area (Å²) in [5.74, 6) is 0.217. The Kier molecular flexibility index (Phi) is 4.43. The van der Waals surface area contributed by atoms with Gasteiger partial charge in [-0.3, -0.25) is 4.79 Å². The van der Waals surface area contributed by atoms with Crippen molar-refractivity contribution in [2.24, 2.45) is 11.7 Å². The van der Waals surface area contributed by atoms with E-state index in [9.17, 15) is 9.18 Å². The van der Waals surface area contributed by atoms with E-state index in [1.165, 1.54) is 12.1 Å². The van der Waals surface area contributed by atoms with Crippen LogP contribution < -0.4 is 11.1 Å². The van der Waals surface area contributed by atoms with Gasteiger partial charge in [0.15, 0.2) is 0 Å². The number of halogens is 1. The van der Waals surface area contributed by atoms with E-state index in [1.54, 1.807) is 6.07 Å². The first kappa shape index (κ1) is 15.0. The third-order valence-corrected chi connectivity index (χ3v) is 4.24. The fourth-order valence-electron chi connectivity index (χ4n) is 2.62. The molecule has 1 aliphatic carbocycles. The van der Waals surface area contributed by atoms with Crippen molar-refractivity contribution in [3.63, 3.8) is 0 Å². The Labute approximate surface area is 119 Å². The minimum atomic E-state index is -0.293. The molecule has 0 aliphatic heterocycles. The van der Waals surface area contributed by atoms with Crippen LogP contribution in [-0.2, 0) is 4.79 Å². The van der Waals surface area contributed by atoms with Gasteiger partial charge in [-0.05, 0) is 49.3 Å². The van der Waals surface area contributed by atoms with Crippen LogP contribution >= 0.6 is 0 Å². The molecule has 0 heterocycles. The van der Waals surface area contributed by atoms with Gasteiger partial charge in [0.05, 0.1) is 5.54 Å². The maximum Gasteiger partial charge on any atom is 0.221 e. The van der Waals surface area contributed by atoms with E-state index in [0.717, 1.165) is 18.4 Å². The van der Waals surface area contributed by atoms with Crippen LogP contribution in [0.5, 0.6) is 0 Å². The van der Waals surface area contributed by atoms with Gasteiger partial charge in [0.2, 0.25) is 5.91 Å². The Morgan fingerprint density at radius 3 is 2.80 bits per heavy atom. The normalized spacial score (nSPS) is 19.2. The van der Waals surface area contributed by atoms with E-state index in [4.69, 9.17) is 5.73 Å². The van der Waals surface area contributed by atoms with Crippen LogP contribution in [0, 0.1) is 11.7 Å². The zero-order valence-electron chi connectivity index (χ0n) is 12.2. The highest BCUT2D eigenvalue weighted by atomic mass is 19.1. The third-order valence-electron chi connectivity index (χ3n) is 4.24. The lowest BCUT2D eigenvalue weighted by Crippen LogP contribution is -2.53. The maximum atomic E-state index is 13.2. The second-order valence-electron chi connectivity index (χ2n) is 6.10. The summed E-state index contributed by atoms with van der Waals surface area (Å²) in [5.41, 5.74) is 6.35. The molecule has 2 atom stereocenters. The van der Waals surface area contributed by atoms with Crippen molar-refractivity contribution < 1.29 is 9.18 Å². The zero-order valence-corrected chi connectivity index (χ0v) is 12.2. The van der Waals surface area contributed by atoms with Crippen molar-refractivity contribution in [1.82, 2.24) is 5.32 Å². The number of hydrogen-bond acceptors (Lipinski definition) is 2. The number of nitrogens with two attached hydrogens (primary N) is 1. The molecular weight excluding hydrogens is 255 g/mol. The summed E-state index contributed by atoms with van der Waals surface area (Å²) in [6, 6.07) is 6.42. The molecule has 0 aromatic heterocycles. The smallest absolute Gasteiger partial charge is 0.221 e. The van der Waals surface area contributed by atoms with Crippen molar-refractivity contribution in [3.05, 3.63) is 35.6 Å². The second kappa shape index (κ2) is 5.92. The average molecular weight is 278 g/mol. The quantitative estimate of drug-likeness (QED) is 0.840. The van der Waals surface area contributed by atoms with E-state index in [0.29, 0.717) is 18.9 Å². The second-order valence-corrected chi connectivity index (χ2v) is 6.10. The molecule has 4 heteroatoms. The summed E-state index contributed by atoms with van der Waals surface area (Å²) >= 11 is 0. The lowest BCUT2D eigenvalue weighted by molar-refractivity contribution is -0.123. The molecule has 1 aliphatic rings. The van der Waals surface area contributed by atoms with Crippen molar-refractivity contribution >= 4 is 5.91 Å². The zero-order chi connectivity index (χ0) is 14.8. The Morgan fingerprint density at radius 2 is 2.25 bits per heavy atom. The maximum absolute atomic E-state index is 13.2. The third kappa shape index (κ3) is 3.57. The molecular formula is C16H23FN2O. The Hall–Kier alpha value is -1.42. The molecule has 3 N–H and O–H groups in total. The molecule has 0 saturated heterocycles. The summed E-state index contributed by atoms with van der Waals surface area (Å²) in [4.78, 5) is 12.2. The molecule has 20 heavy (non-hydrogen) atoms. The first-order valence-corrected chi connectivity index (χ1v) is 7.21. The lowest BCUT2D eigenvalue weighted by atomic mass is 9.93. The summed E-state index contributed by atoms with van der Waals surface area (Å²) in [6.45, 7) is 4.40. The van der Waals surface area contributed by atoms with Crippen LogP contribution in [0.3, 0.4) is 0 Å². The van der Waals surface area contributed by atoms with Gasteiger partial charge < -0.3 is 11.1 Å².